The lowest BCUT2D eigenvalue weighted by atomic mass is 10.0. The molecular formula is C30H62O. The second kappa shape index (κ2) is 30.0. The van der Waals surface area contributed by atoms with Crippen molar-refractivity contribution in [2.45, 2.75) is 187 Å². The Labute approximate surface area is 198 Å². The zero-order valence-corrected chi connectivity index (χ0v) is 22.0. The van der Waals surface area contributed by atoms with Crippen LogP contribution in [0, 0.1) is 0 Å². The van der Waals surface area contributed by atoms with E-state index < -0.39 is 0 Å². The van der Waals surface area contributed by atoms with Crippen molar-refractivity contribution < 1.29 is 5.11 Å². The molecule has 0 rings (SSSR count). The van der Waals surface area contributed by atoms with E-state index >= 15 is 0 Å². The third-order valence-corrected chi connectivity index (χ3v) is 7.01. The van der Waals surface area contributed by atoms with E-state index in [1.165, 1.54) is 173 Å². The molecule has 0 aliphatic carbocycles. The van der Waals surface area contributed by atoms with E-state index in [9.17, 15) is 0 Å². The van der Waals surface area contributed by atoms with E-state index in [1.807, 2.05) is 0 Å². The van der Waals surface area contributed by atoms with Gasteiger partial charge in [-0.2, -0.15) is 0 Å². The Bertz CT molecular complexity index is 260. The Morgan fingerprint density at radius 2 is 0.419 bits per heavy atom. The van der Waals surface area contributed by atoms with Crippen molar-refractivity contribution >= 4 is 0 Å². The third-order valence-electron chi connectivity index (χ3n) is 7.01. The Hall–Kier alpha value is -0.0400. The highest BCUT2D eigenvalue weighted by atomic mass is 16.2. The van der Waals surface area contributed by atoms with Gasteiger partial charge in [0.25, 0.3) is 0 Å². The third kappa shape index (κ3) is 30.0. The average Bonchev–Trinajstić information content (AvgIpc) is 2.78. The lowest BCUT2D eigenvalue weighted by Gasteiger charge is -2.04. The molecule has 0 radical (unpaired) electrons. The van der Waals surface area contributed by atoms with Gasteiger partial charge in [-0.1, -0.05) is 180 Å². The molecule has 0 aromatic heterocycles. The molecule has 0 fully saturated rings. The maximum atomic E-state index is 8.76. The molecule has 0 amide bonds. The highest BCUT2D eigenvalue weighted by molar-refractivity contribution is 4.52. The minimum atomic E-state index is 0.374. The molecule has 1 heteroatoms. The zero-order valence-electron chi connectivity index (χ0n) is 22.0. The van der Waals surface area contributed by atoms with Gasteiger partial charge in [-0.05, 0) is 6.42 Å². The minimum absolute atomic E-state index is 0.374. The predicted octanol–water partition coefficient (Wildman–Crippen LogP) is 10.9. The van der Waals surface area contributed by atoms with E-state index in [2.05, 4.69) is 6.92 Å². The summed E-state index contributed by atoms with van der Waals surface area (Å²) in [5.74, 6) is 0. The van der Waals surface area contributed by atoms with Crippen LogP contribution in [0.4, 0.5) is 0 Å². The van der Waals surface area contributed by atoms with Crippen LogP contribution in [0.2, 0.25) is 0 Å². The molecule has 1 nitrogen and oxygen atoms in total. The summed E-state index contributed by atoms with van der Waals surface area (Å²) in [5.41, 5.74) is 0. The van der Waals surface area contributed by atoms with Gasteiger partial charge in [0, 0.05) is 6.61 Å². The maximum absolute atomic E-state index is 8.76. The summed E-state index contributed by atoms with van der Waals surface area (Å²) >= 11 is 0. The molecule has 0 aromatic carbocycles. The fourth-order valence-corrected chi connectivity index (χ4v) is 4.78. The lowest BCUT2D eigenvalue weighted by molar-refractivity contribution is 0.282. The standard InChI is InChI=1S/C30H62O/c1-2-3-4-5-6-7-8-9-10-11-12-13-14-15-16-17-18-19-20-21-22-23-24-25-26-27-28-29-30-31/h31H,2-30H2,1H3. The summed E-state index contributed by atoms with van der Waals surface area (Å²) in [7, 11) is 0. The molecule has 0 unspecified atom stereocenters. The van der Waals surface area contributed by atoms with Crippen molar-refractivity contribution in [3.63, 3.8) is 0 Å². The first-order valence-electron chi connectivity index (χ1n) is 15.0. The lowest BCUT2D eigenvalue weighted by Crippen LogP contribution is -1.85. The normalized spacial score (nSPS) is 11.4. The molecule has 0 spiro atoms. The van der Waals surface area contributed by atoms with Gasteiger partial charge < -0.3 is 5.11 Å². The molecular weight excluding hydrogens is 376 g/mol. The molecule has 0 aliphatic heterocycles. The molecule has 0 saturated heterocycles. The van der Waals surface area contributed by atoms with Gasteiger partial charge in [-0.25, -0.2) is 0 Å². The minimum Gasteiger partial charge on any atom is -0.396 e. The van der Waals surface area contributed by atoms with E-state index in [1.54, 1.807) is 0 Å². The van der Waals surface area contributed by atoms with Crippen LogP contribution in [-0.2, 0) is 0 Å². The van der Waals surface area contributed by atoms with Gasteiger partial charge in [0.2, 0.25) is 0 Å². The Balaban J connectivity index is 2.98. The summed E-state index contributed by atoms with van der Waals surface area (Å²) < 4.78 is 0. The van der Waals surface area contributed by atoms with Crippen LogP contribution in [0.15, 0.2) is 0 Å². The van der Waals surface area contributed by atoms with Crippen LogP contribution in [0.5, 0.6) is 0 Å². The molecule has 1 N–H and O–H groups in total. The summed E-state index contributed by atoms with van der Waals surface area (Å²) in [6.07, 6.45) is 40.1. The molecule has 31 heavy (non-hydrogen) atoms. The summed E-state index contributed by atoms with van der Waals surface area (Å²) in [4.78, 5) is 0. The number of rotatable bonds is 28. The molecule has 0 aliphatic rings. The topological polar surface area (TPSA) is 20.2 Å². The highest BCUT2D eigenvalue weighted by Crippen LogP contribution is 2.16. The van der Waals surface area contributed by atoms with Crippen LogP contribution in [0.3, 0.4) is 0 Å². The fourth-order valence-electron chi connectivity index (χ4n) is 4.78. The van der Waals surface area contributed by atoms with E-state index in [4.69, 9.17) is 5.11 Å². The highest BCUT2D eigenvalue weighted by Gasteiger charge is 1.96. The van der Waals surface area contributed by atoms with Crippen molar-refractivity contribution in [3.05, 3.63) is 0 Å². The van der Waals surface area contributed by atoms with Crippen molar-refractivity contribution in [1.29, 1.82) is 0 Å². The summed E-state index contributed by atoms with van der Waals surface area (Å²) in [5, 5.41) is 8.76. The van der Waals surface area contributed by atoms with Gasteiger partial charge >= 0.3 is 0 Å². The van der Waals surface area contributed by atoms with Crippen molar-refractivity contribution in [2.24, 2.45) is 0 Å². The average molecular weight is 439 g/mol. The summed E-state index contributed by atoms with van der Waals surface area (Å²) in [6.45, 7) is 2.68. The number of aliphatic hydroxyl groups excluding tert-OH is 1. The Morgan fingerprint density at radius 1 is 0.258 bits per heavy atom. The molecule has 0 heterocycles. The van der Waals surface area contributed by atoms with E-state index in [0.29, 0.717) is 6.61 Å². The second-order valence-electron chi connectivity index (χ2n) is 10.3. The first-order valence-corrected chi connectivity index (χ1v) is 15.0. The van der Waals surface area contributed by atoms with Gasteiger partial charge in [0.1, 0.15) is 0 Å². The number of aliphatic hydroxyl groups is 1. The quantitative estimate of drug-likeness (QED) is 0.120. The molecule has 0 aromatic rings. The smallest absolute Gasteiger partial charge is 0.0431 e. The first kappa shape index (κ1) is 31.0. The van der Waals surface area contributed by atoms with Gasteiger partial charge in [-0.3, -0.25) is 0 Å². The van der Waals surface area contributed by atoms with E-state index in [0.717, 1.165) is 6.42 Å². The first-order chi connectivity index (χ1) is 15.4. The molecule has 188 valence electrons. The van der Waals surface area contributed by atoms with Crippen LogP contribution >= 0.6 is 0 Å². The van der Waals surface area contributed by atoms with Gasteiger partial charge in [0.15, 0.2) is 0 Å². The molecule has 0 bridgehead atoms. The molecule has 0 atom stereocenters. The van der Waals surface area contributed by atoms with Crippen molar-refractivity contribution in [3.8, 4) is 0 Å². The van der Waals surface area contributed by atoms with Crippen LogP contribution in [0.1, 0.15) is 187 Å². The molecule has 0 saturated carbocycles. The van der Waals surface area contributed by atoms with Gasteiger partial charge in [0.05, 0.1) is 0 Å². The van der Waals surface area contributed by atoms with Gasteiger partial charge in [-0.15, -0.1) is 0 Å². The number of unbranched alkanes of at least 4 members (excludes halogenated alkanes) is 27. The zero-order chi connectivity index (χ0) is 22.5. The van der Waals surface area contributed by atoms with Crippen LogP contribution in [-0.4, -0.2) is 11.7 Å². The van der Waals surface area contributed by atoms with E-state index in [-0.39, 0.29) is 0 Å². The fraction of sp³-hybridized carbons (Fsp3) is 1.00. The predicted molar refractivity (Wildman–Crippen MR) is 142 cm³/mol. The summed E-state index contributed by atoms with van der Waals surface area (Å²) in [6, 6.07) is 0. The number of hydrogen-bond donors (Lipinski definition) is 1. The maximum Gasteiger partial charge on any atom is 0.0431 e. The Morgan fingerprint density at radius 3 is 0.581 bits per heavy atom. The monoisotopic (exact) mass is 438 g/mol. The van der Waals surface area contributed by atoms with Crippen molar-refractivity contribution in [2.75, 3.05) is 6.61 Å². The van der Waals surface area contributed by atoms with Crippen LogP contribution < -0.4 is 0 Å². The SMILES string of the molecule is CCCCCCCCCCCCCCCCCCCCCCCCCCCCCCO. The second-order valence-corrected chi connectivity index (χ2v) is 10.3. The van der Waals surface area contributed by atoms with Crippen molar-refractivity contribution in [1.82, 2.24) is 0 Å². The Kier molecular flexibility index (Phi) is 29.9. The van der Waals surface area contributed by atoms with Crippen LogP contribution in [0.25, 0.3) is 0 Å². The number of hydrogen-bond acceptors (Lipinski definition) is 1. The largest absolute Gasteiger partial charge is 0.396 e.